The summed E-state index contributed by atoms with van der Waals surface area (Å²) in [6.45, 7) is 1.65. The highest BCUT2D eigenvalue weighted by Crippen LogP contribution is 2.33. The SMILES string of the molecule is CCSc1cc(C(F)(F)F)cnc1C(=O)N/C(I)=C/C(=C\NO)S(=[OH+])C(F)(F)F. The number of thioether (sulfide) groups is 1. The number of amides is 1. The standard InChI is InChI=1S/C14H12F6IN3O3S2/c1-2-28-9-3-7(13(15,16)17)5-22-11(9)12(25)24-10(21)4-8(6-23-26)29(27)14(18,19)20/h3-6,23,26H,2H2,1H3,(H,24,25)/p+1/b8-6+,10-4+. The summed E-state index contributed by atoms with van der Waals surface area (Å²) in [5.41, 5.74) is -5.06. The van der Waals surface area contributed by atoms with Gasteiger partial charge in [-0.15, -0.1) is 11.8 Å². The quantitative estimate of drug-likeness (QED) is 0.0848. The Hall–Kier alpha value is -1.33. The van der Waals surface area contributed by atoms with Crippen LogP contribution in [0.1, 0.15) is 23.0 Å². The van der Waals surface area contributed by atoms with Gasteiger partial charge in [0, 0.05) is 17.3 Å². The van der Waals surface area contributed by atoms with Crippen LogP contribution in [0.3, 0.4) is 0 Å². The molecule has 15 heteroatoms. The second kappa shape index (κ2) is 10.6. The Morgan fingerprint density at radius 3 is 2.48 bits per heavy atom. The number of alkyl halides is 6. The van der Waals surface area contributed by atoms with E-state index in [1.807, 2.05) is 0 Å². The van der Waals surface area contributed by atoms with E-state index in [0.29, 0.717) is 18.1 Å². The fourth-order valence-electron chi connectivity index (χ4n) is 1.71. The van der Waals surface area contributed by atoms with Gasteiger partial charge in [-0.1, -0.05) is 6.92 Å². The van der Waals surface area contributed by atoms with E-state index in [4.69, 9.17) is 5.21 Å². The molecular weight excluding hydrogens is 563 g/mol. The number of nitrogens with zero attached hydrogens (tertiary/aromatic N) is 1. The van der Waals surface area contributed by atoms with E-state index in [2.05, 4.69) is 10.3 Å². The summed E-state index contributed by atoms with van der Waals surface area (Å²) in [5.74, 6) is -0.624. The lowest BCUT2D eigenvalue weighted by Crippen LogP contribution is -2.24. The van der Waals surface area contributed by atoms with Crippen molar-refractivity contribution < 1.29 is 40.6 Å². The number of halogens is 7. The van der Waals surface area contributed by atoms with Gasteiger partial charge in [0.05, 0.1) is 9.27 Å². The number of rotatable bonds is 7. The van der Waals surface area contributed by atoms with Crippen LogP contribution in [0.4, 0.5) is 26.3 Å². The normalized spacial score (nSPS) is 14.5. The van der Waals surface area contributed by atoms with Gasteiger partial charge in [0.15, 0.2) is 0 Å². The lowest BCUT2D eigenvalue weighted by molar-refractivity contribution is -0.138. The van der Waals surface area contributed by atoms with E-state index in [9.17, 15) is 35.3 Å². The van der Waals surface area contributed by atoms with Crippen LogP contribution < -0.4 is 10.8 Å². The maximum atomic E-state index is 12.8. The van der Waals surface area contributed by atoms with Gasteiger partial charge in [-0.25, -0.2) is 9.19 Å². The van der Waals surface area contributed by atoms with Crippen molar-refractivity contribution in [2.24, 2.45) is 0 Å². The number of aromatic nitrogens is 1. The fraction of sp³-hybridized carbons (Fsp3) is 0.286. The molecule has 0 radical (unpaired) electrons. The minimum absolute atomic E-state index is 0.0611. The number of hydrogen-bond acceptors (Lipinski definition) is 5. The summed E-state index contributed by atoms with van der Waals surface area (Å²) in [6, 6.07) is 0.752. The second-order valence-corrected chi connectivity index (χ2v) is 8.83. The summed E-state index contributed by atoms with van der Waals surface area (Å²) in [6.07, 6.45) is -2.99. The van der Waals surface area contributed by atoms with Crippen LogP contribution in [0.5, 0.6) is 0 Å². The van der Waals surface area contributed by atoms with Crippen molar-refractivity contribution in [3.05, 3.63) is 44.4 Å². The molecule has 0 bridgehead atoms. The van der Waals surface area contributed by atoms with Gasteiger partial charge in [-0.05, 0) is 40.5 Å². The first kappa shape index (κ1) is 25.7. The molecule has 0 aliphatic rings. The van der Waals surface area contributed by atoms with Crippen LogP contribution in [-0.4, -0.2) is 31.6 Å². The third-order valence-corrected chi connectivity index (χ3v) is 5.46. The summed E-state index contributed by atoms with van der Waals surface area (Å²) < 4.78 is 85.6. The number of nitrogens with one attached hydrogen (secondary N) is 2. The average molecular weight is 576 g/mol. The molecular formula is C14H13F6IN3O3S2+. The Morgan fingerprint density at radius 1 is 1.38 bits per heavy atom. The Balaban J connectivity index is 3.18. The Bertz CT molecular complexity index is 843. The minimum Gasteiger partial charge on any atom is -0.315 e. The molecule has 1 aromatic heterocycles. The van der Waals surface area contributed by atoms with E-state index in [1.54, 1.807) is 6.92 Å². The summed E-state index contributed by atoms with van der Waals surface area (Å²) in [4.78, 5) is 15.0. The first-order chi connectivity index (χ1) is 13.3. The highest BCUT2D eigenvalue weighted by atomic mass is 127. The molecule has 1 atom stereocenters. The highest BCUT2D eigenvalue weighted by Gasteiger charge is 2.45. The van der Waals surface area contributed by atoms with Crippen molar-refractivity contribution in [3.63, 3.8) is 0 Å². The molecule has 0 spiro atoms. The monoisotopic (exact) mass is 576 g/mol. The number of allylic oxidation sites excluding steroid dienone is 1. The van der Waals surface area contributed by atoms with Crippen LogP contribution in [0.2, 0.25) is 0 Å². The molecule has 6 nitrogen and oxygen atoms in total. The predicted octanol–water partition coefficient (Wildman–Crippen LogP) is 4.46. The average Bonchev–Trinajstić information content (AvgIpc) is 2.59. The Morgan fingerprint density at radius 2 is 2.00 bits per heavy atom. The van der Waals surface area contributed by atoms with Crippen molar-refractivity contribution in [2.45, 2.75) is 23.5 Å². The van der Waals surface area contributed by atoms with Gasteiger partial charge < -0.3 is 5.32 Å². The Kier molecular flexibility index (Phi) is 9.42. The van der Waals surface area contributed by atoms with E-state index >= 15 is 0 Å². The molecule has 0 aliphatic carbocycles. The predicted molar refractivity (Wildman–Crippen MR) is 104 cm³/mol. The third-order valence-electron chi connectivity index (χ3n) is 2.85. The summed E-state index contributed by atoms with van der Waals surface area (Å²) in [5, 5.41) is 10.8. The molecule has 1 rings (SSSR count). The molecule has 1 heterocycles. The molecule has 0 saturated carbocycles. The van der Waals surface area contributed by atoms with Gasteiger partial charge in [-0.3, -0.25) is 15.5 Å². The maximum Gasteiger partial charge on any atom is 0.524 e. The lowest BCUT2D eigenvalue weighted by Gasteiger charge is -2.12. The number of carbonyl (C=O) groups is 1. The fourth-order valence-corrected chi connectivity index (χ4v) is 3.97. The molecule has 1 unspecified atom stereocenters. The number of hydrogen-bond donors (Lipinski definition) is 3. The molecule has 1 aromatic rings. The molecule has 0 aromatic carbocycles. The lowest BCUT2D eigenvalue weighted by atomic mass is 10.2. The molecule has 1 amide bonds. The number of carbonyl (C=O) groups excluding carboxylic acids is 1. The van der Waals surface area contributed by atoms with Gasteiger partial charge in [0.2, 0.25) is 0 Å². The van der Waals surface area contributed by atoms with E-state index < -0.39 is 38.9 Å². The van der Waals surface area contributed by atoms with Crippen molar-refractivity contribution in [1.82, 2.24) is 15.8 Å². The van der Waals surface area contributed by atoms with E-state index in [0.717, 1.165) is 23.9 Å². The minimum atomic E-state index is -5.01. The summed E-state index contributed by atoms with van der Waals surface area (Å²) >= 11 is 2.37. The van der Waals surface area contributed by atoms with Gasteiger partial charge >= 0.3 is 22.5 Å². The first-order valence-electron chi connectivity index (χ1n) is 7.29. The van der Waals surface area contributed by atoms with Gasteiger partial charge in [-0.2, -0.15) is 26.3 Å². The largest absolute Gasteiger partial charge is 0.524 e. The smallest absolute Gasteiger partial charge is 0.315 e. The van der Waals surface area contributed by atoms with Gasteiger partial charge in [0.1, 0.15) is 10.6 Å². The van der Waals surface area contributed by atoms with E-state index in [-0.39, 0.29) is 14.3 Å². The number of pyridine rings is 1. The maximum absolute atomic E-state index is 12.8. The first-order valence-corrected chi connectivity index (χ1v) is 10.5. The molecule has 4 N–H and O–H groups in total. The molecule has 162 valence electrons. The van der Waals surface area contributed by atoms with Crippen LogP contribution in [0.15, 0.2) is 38.0 Å². The van der Waals surface area contributed by atoms with Crippen LogP contribution in [0, 0.1) is 0 Å². The molecule has 0 fully saturated rings. The summed E-state index contributed by atoms with van der Waals surface area (Å²) in [7, 11) is -3.26. The van der Waals surface area contributed by atoms with Crippen LogP contribution >= 0.6 is 34.4 Å². The zero-order valence-corrected chi connectivity index (χ0v) is 18.0. The van der Waals surface area contributed by atoms with Crippen molar-refractivity contribution in [2.75, 3.05) is 5.75 Å². The third kappa shape index (κ3) is 7.78. The van der Waals surface area contributed by atoms with Crippen LogP contribution in [-0.2, 0) is 17.0 Å². The van der Waals surface area contributed by atoms with Crippen molar-refractivity contribution in [3.8, 4) is 0 Å². The molecule has 0 saturated heterocycles. The topological polar surface area (TPSA) is 95.7 Å². The highest BCUT2D eigenvalue weighted by molar-refractivity contribution is 14.1. The zero-order chi connectivity index (χ0) is 22.4. The van der Waals surface area contributed by atoms with Crippen molar-refractivity contribution in [1.29, 1.82) is 0 Å². The van der Waals surface area contributed by atoms with Crippen LogP contribution in [0.25, 0.3) is 0 Å². The van der Waals surface area contributed by atoms with Crippen molar-refractivity contribution >= 4 is 51.1 Å². The Labute approximate surface area is 180 Å². The molecule has 29 heavy (non-hydrogen) atoms. The second-order valence-electron chi connectivity index (χ2n) is 4.85. The number of hydroxylamine groups is 1. The van der Waals surface area contributed by atoms with Gasteiger partial charge in [0.25, 0.3) is 5.91 Å². The zero-order valence-electron chi connectivity index (χ0n) is 14.2. The van der Waals surface area contributed by atoms with E-state index in [1.165, 1.54) is 28.1 Å². The molecule has 0 aliphatic heterocycles.